The molecule has 330 valence electrons. The maximum absolute atomic E-state index is 13.9. The minimum Gasteiger partial charge on any atom is -0.381 e. The van der Waals surface area contributed by atoms with Gasteiger partial charge in [-0.15, -0.1) is 0 Å². The van der Waals surface area contributed by atoms with Crippen LogP contribution < -0.4 is 5.32 Å². The van der Waals surface area contributed by atoms with Crippen LogP contribution in [-0.4, -0.2) is 72.5 Å². The zero-order chi connectivity index (χ0) is 42.4. The maximum Gasteiger partial charge on any atom is 0.240 e. The molecule has 62 heavy (non-hydrogen) atoms. The van der Waals surface area contributed by atoms with Crippen LogP contribution in [-0.2, 0) is 16.0 Å². The number of nitrogens with one attached hydrogen (secondary N) is 3. The monoisotopic (exact) mass is 840 g/mol. The number of rotatable bonds is 12. The van der Waals surface area contributed by atoms with Gasteiger partial charge in [-0.1, -0.05) is 46.3 Å². The SMILES string of the molecule is CCC(C)C(NCO)C(=O)N1CCCC1c1nc2c([nH]1)CCC(C1=CC=C(C3=C4C(=C(c5cnc(C6CCCN6C(=O)CC(C)C)[nH]5)CC3)CC3CCC43)C3C4CCC(C4)C13)=C2. The normalized spacial score (nSPS) is 32.1. The first-order chi connectivity index (χ1) is 30.2. The van der Waals surface area contributed by atoms with E-state index in [1.807, 2.05) is 4.90 Å². The molecule has 9 aliphatic rings. The Morgan fingerprint density at radius 3 is 2.31 bits per heavy atom. The van der Waals surface area contributed by atoms with E-state index in [2.05, 4.69) is 72.3 Å². The van der Waals surface area contributed by atoms with Crippen LogP contribution in [0.5, 0.6) is 0 Å². The fourth-order valence-corrected chi connectivity index (χ4v) is 14.3. The summed E-state index contributed by atoms with van der Waals surface area (Å²) in [5.41, 5.74) is 14.7. The van der Waals surface area contributed by atoms with Gasteiger partial charge >= 0.3 is 0 Å². The van der Waals surface area contributed by atoms with Gasteiger partial charge in [0.1, 0.15) is 11.6 Å². The van der Waals surface area contributed by atoms with Gasteiger partial charge in [0, 0.05) is 25.2 Å². The minimum absolute atomic E-state index is 0.0557. The number of nitrogens with zero attached hydrogens (tertiary/aromatic N) is 4. The summed E-state index contributed by atoms with van der Waals surface area (Å²) >= 11 is 0. The first kappa shape index (κ1) is 40.7. The number of hydrogen-bond donors (Lipinski definition) is 4. The molecule has 7 aliphatic carbocycles. The molecule has 10 nitrogen and oxygen atoms in total. The third-order valence-corrected chi connectivity index (χ3v) is 17.5. The second kappa shape index (κ2) is 16.2. The van der Waals surface area contributed by atoms with Gasteiger partial charge in [0.25, 0.3) is 0 Å². The first-order valence-corrected chi connectivity index (χ1v) is 24.9. The van der Waals surface area contributed by atoms with E-state index in [0.29, 0.717) is 30.1 Å². The lowest BCUT2D eigenvalue weighted by atomic mass is 9.63. The van der Waals surface area contributed by atoms with E-state index in [1.165, 1.54) is 61.1 Å². The number of allylic oxidation sites excluding steroid dienone is 9. The zero-order valence-corrected chi connectivity index (χ0v) is 37.6. The predicted octanol–water partition coefficient (Wildman–Crippen LogP) is 9.29. The van der Waals surface area contributed by atoms with E-state index in [1.54, 1.807) is 27.9 Å². The van der Waals surface area contributed by atoms with Crippen molar-refractivity contribution in [1.82, 2.24) is 35.1 Å². The number of aryl methyl sites for hydroxylation is 1. The van der Waals surface area contributed by atoms with Crippen LogP contribution in [0.3, 0.4) is 0 Å². The summed E-state index contributed by atoms with van der Waals surface area (Å²) < 4.78 is 0. The lowest BCUT2D eigenvalue weighted by molar-refractivity contribution is -0.136. The molecule has 10 heteroatoms. The third-order valence-electron chi connectivity index (χ3n) is 17.5. The number of imidazole rings is 2. The quantitative estimate of drug-likeness (QED) is 0.158. The summed E-state index contributed by atoms with van der Waals surface area (Å²) in [6.07, 6.45) is 27.1. The second-order valence-electron chi connectivity index (χ2n) is 21.2. The Kier molecular flexibility index (Phi) is 10.6. The standard InChI is InChI=1S/C52H69N7O3/c1-5-29(4)49(54-27-60)52(62)59-21-7-9-44(59)51-55-40-19-13-31(25-41(40)56-51)34-15-17-37(47-33-11-10-32(23-33)46(34)47)38-18-16-36(39-24-30-12-14-35(30)48(38)39)42-26-53-50(57-42)43-8-6-20-58(43)45(61)22-28(2)3/h15,17,25-26,28-30,32-33,35,43-44,46-47,49,54,60H,5-14,16,18-24,27H2,1-4H3,(H,53,57)(H,55,56). The minimum atomic E-state index is -0.392. The van der Waals surface area contributed by atoms with Crippen LogP contribution in [0.25, 0.3) is 11.6 Å². The Morgan fingerprint density at radius 2 is 1.56 bits per heavy atom. The highest BCUT2D eigenvalue weighted by Gasteiger charge is 2.54. The molecule has 4 N–H and O–H groups in total. The Morgan fingerprint density at radius 1 is 0.839 bits per heavy atom. The van der Waals surface area contributed by atoms with E-state index < -0.39 is 6.04 Å². The van der Waals surface area contributed by atoms with Crippen molar-refractivity contribution in [1.29, 1.82) is 0 Å². The number of carbonyl (C=O) groups excluding carboxylic acids is 2. The highest BCUT2D eigenvalue weighted by atomic mass is 16.3. The number of fused-ring (bicyclic) bond motifs is 9. The predicted molar refractivity (Wildman–Crippen MR) is 242 cm³/mol. The number of aliphatic hydroxyl groups excluding tert-OH is 1. The van der Waals surface area contributed by atoms with E-state index in [9.17, 15) is 14.7 Å². The van der Waals surface area contributed by atoms with Crippen molar-refractivity contribution >= 4 is 23.5 Å². The zero-order valence-electron chi connectivity index (χ0n) is 37.6. The Bertz CT molecular complexity index is 2290. The number of aromatic nitrogens is 4. The van der Waals surface area contributed by atoms with Gasteiger partial charge in [0.2, 0.25) is 11.8 Å². The highest BCUT2D eigenvalue weighted by Crippen LogP contribution is 2.64. The lowest BCUT2D eigenvalue weighted by Crippen LogP contribution is -2.50. The molecule has 2 aromatic heterocycles. The van der Waals surface area contributed by atoms with Crippen molar-refractivity contribution in [2.75, 3.05) is 19.8 Å². The number of amides is 2. The van der Waals surface area contributed by atoms with Crippen LogP contribution in [0, 0.1) is 47.3 Å². The van der Waals surface area contributed by atoms with Gasteiger partial charge in [0.05, 0.1) is 42.4 Å². The van der Waals surface area contributed by atoms with Gasteiger partial charge < -0.3 is 24.9 Å². The Balaban J connectivity index is 0.894. The summed E-state index contributed by atoms with van der Waals surface area (Å²) in [4.78, 5) is 49.0. The number of H-pyrrole nitrogens is 2. The van der Waals surface area contributed by atoms with Crippen LogP contribution in [0.15, 0.2) is 51.8 Å². The van der Waals surface area contributed by atoms with Crippen molar-refractivity contribution in [2.45, 2.75) is 149 Å². The molecule has 0 aromatic carbocycles. The molecule has 2 saturated heterocycles. The molecule has 10 atom stereocenters. The third kappa shape index (κ3) is 6.70. The lowest BCUT2D eigenvalue weighted by Gasteiger charge is -2.41. The first-order valence-electron chi connectivity index (χ1n) is 24.9. The van der Waals surface area contributed by atoms with Gasteiger partial charge in [-0.25, -0.2) is 9.97 Å². The fraction of sp³-hybridized carbons (Fsp3) is 0.654. The molecular formula is C52H69N7O3. The van der Waals surface area contributed by atoms with Crippen LogP contribution >= 0.6 is 0 Å². The average Bonchev–Trinajstić information content (AvgIpc) is 4.13. The molecule has 6 fully saturated rings. The van der Waals surface area contributed by atoms with Crippen molar-refractivity contribution in [3.8, 4) is 0 Å². The highest BCUT2D eigenvalue weighted by molar-refractivity contribution is 5.83. The summed E-state index contributed by atoms with van der Waals surface area (Å²) in [7, 11) is 0. The van der Waals surface area contributed by atoms with E-state index >= 15 is 0 Å². The molecule has 4 heterocycles. The molecule has 2 aliphatic heterocycles. The van der Waals surface area contributed by atoms with E-state index in [-0.39, 0.29) is 36.5 Å². The molecule has 2 bridgehead atoms. The molecule has 0 radical (unpaired) electrons. The number of carbonyl (C=O) groups is 2. The van der Waals surface area contributed by atoms with E-state index in [0.717, 1.165) is 106 Å². The van der Waals surface area contributed by atoms with Crippen LogP contribution in [0.2, 0.25) is 0 Å². The largest absolute Gasteiger partial charge is 0.381 e. The van der Waals surface area contributed by atoms with Crippen molar-refractivity contribution in [3.05, 3.63) is 80.5 Å². The molecule has 4 saturated carbocycles. The van der Waals surface area contributed by atoms with Crippen molar-refractivity contribution in [3.63, 3.8) is 0 Å². The van der Waals surface area contributed by atoms with Crippen LogP contribution in [0.1, 0.15) is 165 Å². The molecule has 2 aromatic rings. The smallest absolute Gasteiger partial charge is 0.240 e. The van der Waals surface area contributed by atoms with Crippen LogP contribution in [0.4, 0.5) is 0 Å². The Labute approximate surface area is 368 Å². The second-order valence-corrected chi connectivity index (χ2v) is 21.2. The summed E-state index contributed by atoms with van der Waals surface area (Å²) in [5.74, 6) is 6.94. The van der Waals surface area contributed by atoms with Crippen molar-refractivity contribution in [2.24, 2.45) is 47.3 Å². The molecule has 0 spiro atoms. The number of likely N-dealkylation sites (tertiary alicyclic amines) is 2. The fourth-order valence-electron chi connectivity index (χ4n) is 14.3. The molecule has 11 rings (SSSR count). The Hall–Kier alpha value is -4.02. The molecule has 2 amide bonds. The maximum atomic E-state index is 13.9. The van der Waals surface area contributed by atoms with Gasteiger partial charge in [-0.3, -0.25) is 14.9 Å². The molecular weight excluding hydrogens is 771 g/mol. The topological polar surface area (TPSA) is 130 Å². The average molecular weight is 840 g/mol. The summed E-state index contributed by atoms with van der Waals surface area (Å²) in [6, 6.07) is -0.382. The number of aliphatic hydroxyl groups is 1. The van der Waals surface area contributed by atoms with Gasteiger partial charge in [-0.2, -0.15) is 0 Å². The summed E-state index contributed by atoms with van der Waals surface area (Å²) in [5, 5.41) is 12.8. The van der Waals surface area contributed by atoms with Gasteiger partial charge in [-0.05, 0) is 182 Å². The summed E-state index contributed by atoms with van der Waals surface area (Å²) in [6.45, 7) is 9.82. The van der Waals surface area contributed by atoms with Gasteiger partial charge in [0.15, 0.2) is 0 Å². The number of hydrogen-bond acceptors (Lipinski definition) is 6. The number of aromatic amines is 2. The molecule has 10 unspecified atom stereocenters. The van der Waals surface area contributed by atoms with Crippen molar-refractivity contribution < 1.29 is 14.7 Å². The van der Waals surface area contributed by atoms with E-state index in [4.69, 9.17) is 9.97 Å².